The minimum absolute atomic E-state index is 0.406. The van der Waals surface area contributed by atoms with Crippen molar-refractivity contribution in [3.8, 4) is 0 Å². The molecule has 2 atom stereocenters. The smallest absolute Gasteiger partial charge is 0.0810 e. The van der Waals surface area contributed by atoms with E-state index in [0.717, 1.165) is 24.1 Å². The molecule has 0 saturated heterocycles. The summed E-state index contributed by atoms with van der Waals surface area (Å²) in [7, 11) is 0. The molecule has 1 aromatic carbocycles. The number of aliphatic hydroxyl groups excluding tert-OH is 1. The maximum absolute atomic E-state index is 10.2. The van der Waals surface area contributed by atoms with Crippen LogP contribution in [0.5, 0.6) is 0 Å². The van der Waals surface area contributed by atoms with Crippen LogP contribution >= 0.6 is 0 Å². The van der Waals surface area contributed by atoms with E-state index in [-0.39, 0.29) is 0 Å². The Bertz CT molecular complexity index is 547. The van der Waals surface area contributed by atoms with Crippen molar-refractivity contribution in [2.24, 2.45) is 0 Å². The number of rotatable bonds is 3. The molecule has 18 heavy (non-hydrogen) atoms. The molecule has 0 aliphatic heterocycles. The summed E-state index contributed by atoms with van der Waals surface area (Å²) in [5.74, 6) is 0.498. The van der Waals surface area contributed by atoms with Gasteiger partial charge in [-0.3, -0.25) is 4.98 Å². The number of aliphatic hydroxyl groups is 1. The molecule has 1 aliphatic carbocycles. The molecule has 3 rings (SSSR count). The molecule has 0 saturated carbocycles. The second kappa shape index (κ2) is 4.54. The zero-order valence-corrected chi connectivity index (χ0v) is 10.5. The number of pyridine rings is 1. The van der Waals surface area contributed by atoms with Crippen LogP contribution < -0.4 is 0 Å². The van der Waals surface area contributed by atoms with E-state index < -0.39 is 6.10 Å². The molecule has 0 bridgehead atoms. The number of nitrogens with zero attached hydrogens (tertiary/aromatic N) is 1. The number of hydrogen-bond donors (Lipinski definition) is 1. The second-order valence-corrected chi connectivity index (χ2v) is 5.08. The first-order valence-corrected chi connectivity index (χ1v) is 6.42. The maximum Gasteiger partial charge on any atom is 0.0810 e. The highest BCUT2D eigenvalue weighted by atomic mass is 16.3. The lowest BCUT2D eigenvalue weighted by molar-refractivity contribution is 0.153. The minimum atomic E-state index is -0.406. The van der Waals surface area contributed by atoms with Crippen molar-refractivity contribution in [1.29, 1.82) is 0 Å². The van der Waals surface area contributed by atoms with Gasteiger partial charge in [0.25, 0.3) is 0 Å². The Morgan fingerprint density at radius 3 is 2.83 bits per heavy atom. The molecule has 2 heteroatoms. The molecule has 2 unspecified atom stereocenters. The lowest BCUT2D eigenvalue weighted by atomic mass is 9.74. The highest BCUT2D eigenvalue weighted by Crippen LogP contribution is 2.40. The number of fused-ring (bicyclic) bond motifs is 1. The summed E-state index contributed by atoms with van der Waals surface area (Å²) in [5, 5.41) is 10.2. The van der Waals surface area contributed by atoms with Crippen LogP contribution in [0.1, 0.15) is 40.8 Å². The molecule has 0 fully saturated rings. The third kappa shape index (κ3) is 2.04. The molecular weight excluding hydrogens is 222 g/mol. The van der Waals surface area contributed by atoms with Gasteiger partial charge in [-0.25, -0.2) is 0 Å². The van der Waals surface area contributed by atoms with Crippen molar-refractivity contribution in [2.45, 2.75) is 31.8 Å². The summed E-state index contributed by atoms with van der Waals surface area (Å²) < 4.78 is 0. The largest absolute Gasteiger partial charge is 0.388 e. The van der Waals surface area contributed by atoms with Crippen LogP contribution in [-0.4, -0.2) is 10.1 Å². The van der Waals surface area contributed by atoms with E-state index in [2.05, 4.69) is 29.2 Å². The van der Waals surface area contributed by atoms with Gasteiger partial charge < -0.3 is 5.11 Å². The summed E-state index contributed by atoms with van der Waals surface area (Å²) in [4.78, 5) is 4.24. The number of aryl methyl sites for hydroxylation is 1. The first-order valence-electron chi connectivity index (χ1n) is 6.42. The fourth-order valence-corrected chi connectivity index (χ4v) is 2.65. The highest BCUT2D eigenvalue weighted by molar-refractivity contribution is 5.40. The van der Waals surface area contributed by atoms with E-state index in [1.807, 2.05) is 19.1 Å². The number of benzene rings is 1. The van der Waals surface area contributed by atoms with Gasteiger partial charge in [-0.2, -0.15) is 0 Å². The maximum atomic E-state index is 10.2. The van der Waals surface area contributed by atoms with Gasteiger partial charge in [-0.15, -0.1) is 0 Å². The average molecular weight is 239 g/mol. The quantitative estimate of drug-likeness (QED) is 0.892. The molecule has 0 amide bonds. The van der Waals surface area contributed by atoms with Crippen molar-refractivity contribution in [2.75, 3.05) is 0 Å². The Morgan fingerprint density at radius 1 is 1.28 bits per heavy atom. The van der Waals surface area contributed by atoms with Crippen LogP contribution in [0.2, 0.25) is 0 Å². The van der Waals surface area contributed by atoms with E-state index in [9.17, 15) is 5.11 Å². The molecular formula is C16H17NO. The SMILES string of the molecule is Cc1ccc(C(O)CC2Cc3ccccc32)cn1. The molecule has 92 valence electrons. The van der Waals surface area contributed by atoms with Crippen molar-refractivity contribution < 1.29 is 5.11 Å². The fraction of sp³-hybridized carbons (Fsp3) is 0.312. The van der Waals surface area contributed by atoms with Crippen molar-refractivity contribution in [3.63, 3.8) is 0 Å². The molecule has 1 aromatic heterocycles. The Kier molecular flexibility index (Phi) is 2.88. The van der Waals surface area contributed by atoms with E-state index in [0.29, 0.717) is 5.92 Å². The topological polar surface area (TPSA) is 33.1 Å². The van der Waals surface area contributed by atoms with Crippen LogP contribution in [0.4, 0.5) is 0 Å². The summed E-state index contributed by atoms with van der Waals surface area (Å²) in [6, 6.07) is 12.4. The van der Waals surface area contributed by atoms with Gasteiger partial charge in [0.2, 0.25) is 0 Å². The van der Waals surface area contributed by atoms with Gasteiger partial charge >= 0.3 is 0 Å². The van der Waals surface area contributed by atoms with Gasteiger partial charge in [0.05, 0.1) is 6.10 Å². The van der Waals surface area contributed by atoms with E-state index in [1.54, 1.807) is 6.20 Å². The number of hydrogen-bond acceptors (Lipinski definition) is 2. The van der Waals surface area contributed by atoms with Gasteiger partial charge in [-0.05, 0) is 48.4 Å². The lowest BCUT2D eigenvalue weighted by Gasteiger charge is -2.31. The van der Waals surface area contributed by atoms with Crippen LogP contribution in [-0.2, 0) is 6.42 Å². The summed E-state index contributed by atoms with van der Waals surface area (Å²) >= 11 is 0. The van der Waals surface area contributed by atoms with Crippen molar-refractivity contribution in [3.05, 3.63) is 65.0 Å². The van der Waals surface area contributed by atoms with E-state index in [4.69, 9.17) is 0 Å². The molecule has 0 spiro atoms. The number of aromatic nitrogens is 1. The van der Waals surface area contributed by atoms with Gasteiger partial charge in [0, 0.05) is 11.9 Å². The monoisotopic (exact) mass is 239 g/mol. The first-order chi connectivity index (χ1) is 8.74. The van der Waals surface area contributed by atoms with E-state index in [1.165, 1.54) is 11.1 Å². The molecule has 1 aliphatic rings. The van der Waals surface area contributed by atoms with E-state index >= 15 is 0 Å². The summed E-state index contributed by atoms with van der Waals surface area (Å²) in [5.41, 5.74) is 4.73. The molecule has 2 aromatic rings. The molecule has 0 radical (unpaired) electrons. The zero-order valence-electron chi connectivity index (χ0n) is 10.5. The molecule has 1 heterocycles. The Labute approximate surface area is 107 Å². The van der Waals surface area contributed by atoms with Gasteiger partial charge in [-0.1, -0.05) is 30.3 Å². The normalized spacial score (nSPS) is 18.9. The van der Waals surface area contributed by atoms with Crippen LogP contribution in [0.3, 0.4) is 0 Å². The van der Waals surface area contributed by atoms with Crippen molar-refractivity contribution in [1.82, 2.24) is 4.98 Å². The molecule has 2 nitrogen and oxygen atoms in total. The summed E-state index contributed by atoms with van der Waals surface area (Å²) in [6.07, 6.45) is 3.26. The standard InChI is InChI=1S/C16H17NO/c1-11-6-7-13(10-17-11)16(18)9-14-8-12-4-2-3-5-15(12)14/h2-7,10,14,16,18H,8-9H2,1H3. The third-order valence-electron chi connectivity index (χ3n) is 3.79. The third-order valence-corrected chi connectivity index (χ3v) is 3.79. The Balaban J connectivity index is 1.70. The highest BCUT2D eigenvalue weighted by Gasteiger charge is 2.27. The van der Waals surface area contributed by atoms with Crippen LogP contribution in [0, 0.1) is 6.92 Å². The Morgan fingerprint density at radius 2 is 2.11 bits per heavy atom. The zero-order chi connectivity index (χ0) is 12.5. The Hall–Kier alpha value is -1.67. The average Bonchev–Trinajstić information content (AvgIpc) is 2.36. The lowest BCUT2D eigenvalue weighted by Crippen LogP contribution is -2.19. The fourth-order valence-electron chi connectivity index (χ4n) is 2.65. The molecule has 1 N–H and O–H groups in total. The minimum Gasteiger partial charge on any atom is -0.388 e. The first kappa shape index (κ1) is 11.4. The van der Waals surface area contributed by atoms with Crippen molar-refractivity contribution >= 4 is 0 Å². The van der Waals surface area contributed by atoms with Crippen LogP contribution in [0.15, 0.2) is 42.6 Å². The summed E-state index contributed by atoms with van der Waals surface area (Å²) in [6.45, 7) is 1.96. The van der Waals surface area contributed by atoms with Gasteiger partial charge in [0.15, 0.2) is 0 Å². The predicted octanol–water partition coefficient (Wildman–Crippen LogP) is 3.15. The van der Waals surface area contributed by atoms with Gasteiger partial charge in [0.1, 0.15) is 0 Å². The predicted molar refractivity (Wildman–Crippen MR) is 71.4 cm³/mol. The second-order valence-electron chi connectivity index (χ2n) is 5.08. The van der Waals surface area contributed by atoms with Crippen LogP contribution in [0.25, 0.3) is 0 Å².